The lowest BCUT2D eigenvalue weighted by molar-refractivity contribution is 0.459. The number of nitrogens with zero attached hydrogens (tertiary/aromatic N) is 2. The van der Waals surface area contributed by atoms with Crippen molar-refractivity contribution in [3.63, 3.8) is 0 Å². The summed E-state index contributed by atoms with van der Waals surface area (Å²) in [5.74, 6) is 0.916. The molecule has 1 fully saturated rings. The number of rotatable bonds is 5. The summed E-state index contributed by atoms with van der Waals surface area (Å²) in [4.78, 5) is 6.87. The Hall–Kier alpha value is -1.09. The molecule has 1 aromatic rings. The number of hydrogen-bond acceptors (Lipinski definition) is 3. The molecule has 1 aliphatic rings. The third-order valence-corrected chi connectivity index (χ3v) is 4.34. The van der Waals surface area contributed by atoms with Crippen LogP contribution >= 0.6 is 0 Å². The molecular weight excluding hydrogens is 246 g/mol. The normalized spacial score (nSPS) is 20.2. The van der Waals surface area contributed by atoms with Crippen molar-refractivity contribution in [2.24, 2.45) is 5.92 Å². The number of hydrogen-bond donors (Lipinski definition) is 1. The second-order valence-electron chi connectivity index (χ2n) is 6.23. The van der Waals surface area contributed by atoms with E-state index in [9.17, 15) is 0 Å². The van der Waals surface area contributed by atoms with Crippen LogP contribution in [0.2, 0.25) is 0 Å². The highest BCUT2D eigenvalue weighted by molar-refractivity contribution is 5.52. The molecule has 2 heterocycles. The molecule has 1 atom stereocenters. The fraction of sp³-hybridized carbons (Fsp3) is 0.706. The van der Waals surface area contributed by atoms with Crippen molar-refractivity contribution >= 4 is 5.69 Å². The van der Waals surface area contributed by atoms with Gasteiger partial charge in [0, 0.05) is 49.3 Å². The molecule has 0 bridgehead atoms. The van der Waals surface area contributed by atoms with Crippen LogP contribution in [0.5, 0.6) is 0 Å². The van der Waals surface area contributed by atoms with E-state index in [4.69, 9.17) is 0 Å². The van der Waals surface area contributed by atoms with Crippen LogP contribution in [0.1, 0.15) is 52.0 Å². The van der Waals surface area contributed by atoms with E-state index in [0.29, 0.717) is 6.04 Å². The molecule has 0 radical (unpaired) electrons. The van der Waals surface area contributed by atoms with Gasteiger partial charge in [-0.15, -0.1) is 0 Å². The van der Waals surface area contributed by atoms with Gasteiger partial charge < -0.3 is 10.2 Å². The molecule has 1 aromatic heterocycles. The van der Waals surface area contributed by atoms with Crippen molar-refractivity contribution in [2.75, 3.05) is 18.0 Å². The fourth-order valence-electron chi connectivity index (χ4n) is 2.99. The van der Waals surface area contributed by atoms with Crippen molar-refractivity contribution < 1.29 is 0 Å². The van der Waals surface area contributed by atoms with Gasteiger partial charge >= 0.3 is 0 Å². The Balaban J connectivity index is 2.07. The molecule has 3 heteroatoms. The summed E-state index contributed by atoms with van der Waals surface area (Å²) < 4.78 is 0. The quantitative estimate of drug-likeness (QED) is 0.890. The third kappa shape index (κ3) is 4.20. The third-order valence-electron chi connectivity index (χ3n) is 4.34. The van der Waals surface area contributed by atoms with E-state index in [0.717, 1.165) is 12.5 Å². The second kappa shape index (κ2) is 7.63. The maximum Gasteiger partial charge on any atom is 0.0442 e. The minimum absolute atomic E-state index is 0.511. The maximum absolute atomic E-state index is 4.31. The van der Waals surface area contributed by atoms with Crippen molar-refractivity contribution in [3.8, 4) is 0 Å². The van der Waals surface area contributed by atoms with E-state index in [1.165, 1.54) is 50.0 Å². The first-order chi connectivity index (χ1) is 9.70. The van der Waals surface area contributed by atoms with Crippen LogP contribution in [-0.2, 0) is 6.54 Å². The summed E-state index contributed by atoms with van der Waals surface area (Å²) in [7, 11) is 0. The van der Waals surface area contributed by atoms with Crippen LogP contribution in [0.15, 0.2) is 18.5 Å². The van der Waals surface area contributed by atoms with Gasteiger partial charge in [0.25, 0.3) is 0 Å². The summed E-state index contributed by atoms with van der Waals surface area (Å²) >= 11 is 0. The lowest BCUT2D eigenvalue weighted by Gasteiger charge is -2.26. The van der Waals surface area contributed by atoms with Crippen molar-refractivity contribution in [1.82, 2.24) is 10.3 Å². The van der Waals surface area contributed by atoms with Crippen LogP contribution in [-0.4, -0.2) is 24.1 Å². The molecule has 0 aromatic carbocycles. The molecular formula is C17H29N3. The molecule has 1 unspecified atom stereocenters. The van der Waals surface area contributed by atoms with Gasteiger partial charge in [0.2, 0.25) is 0 Å². The Kier molecular flexibility index (Phi) is 5.84. The van der Waals surface area contributed by atoms with Crippen LogP contribution < -0.4 is 10.2 Å². The number of nitrogens with one attached hydrogen (secondary N) is 1. The molecule has 0 aliphatic carbocycles. The Labute approximate surface area is 123 Å². The average Bonchev–Trinajstić information content (AvgIpc) is 2.70. The zero-order valence-corrected chi connectivity index (χ0v) is 13.2. The van der Waals surface area contributed by atoms with Crippen LogP contribution in [0.4, 0.5) is 5.69 Å². The standard InChI is InChI=1S/C17H29N3/c1-4-15-6-5-10-20(11-8-15)17-7-9-18-12-16(17)13-19-14(2)3/h7,9,12,14-15,19H,4-6,8,10-11,13H2,1-3H3. The lowest BCUT2D eigenvalue weighted by atomic mass is 9.98. The predicted molar refractivity (Wildman–Crippen MR) is 86.1 cm³/mol. The molecule has 2 rings (SSSR count). The minimum atomic E-state index is 0.511. The summed E-state index contributed by atoms with van der Waals surface area (Å²) in [5.41, 5.74) is 2.71. The van der Waals surface area contributed by atoms with Gasteiger partial charge in [0.15, 0.2) is 0 Å². The first-order valence-corrected chi connectivity index (χ1v) is 8.12. The SMILES string of the molecule is CCC1CCCN(c2ccncc2CNC(C)C)CC1. The van der Waals surface area contributed by atoms with E-state index < -0.39 is 0 Å². The highest BCUT2D eigenvalue weighted by Crippen LogP contribution is 2.26. The largest absolute Gasteiger partial charge is 0.371 e. The zero-order chi connectivity index (χ0) is 14.4. The molecule has 0 amide bonds. The Bertz CT molecular complexity index is 403. The molecule has 20 heavy (non-hydrogen) atoms. The predicted octanol–water partition coefficient (Wildman–Crippen LogP) is 3.60. The average molecular weight is 275 g/mol. The maximum atomic E-state index is 4.31. The Morgan fingerprint density at radius 2 is 2.20 bits per heavy atom. The summed E-state index contributed by atoms with van der Waals surface area (Å²) in [6.45, 7) is 9.99. The van der Waals surface area contributed by atoms with Gasteiger partial charge in [-0.25, -0.2) is 0 Å². The highest BCUT2D eigenvalue weighted by Gasteiger charge is 2.17. The van der Waals surface area contributed by atoms with E-state index in [1.807, 2.05) is 12.4 Å². The van der Waals surface area contributed by atoms with Crippen LogP contribution in [0, 0.1) is 5.92 Å². The van der Waals surface area contributed by atoms with Crippen LogP contribution in [0.25, 0.3) is 0 Å². The smallest absolute Gasteiger partial charge is 0.0442 e. The first-order valence-electron chi connectivity index (χ1n) is 8.12. The number of aromatic nitrogens is 1. The second-order valence-corrected chi connectivity index (χ2v) is 6.23. The van der Waals surface area contributed by atoms with Gasteiger partial charge in [-0.2, -0.15) is 0 Å². The van der Waals surface area contributed by atoms with E-state index in [2.05, 4.69) is 42.0 Å². The van der Waals surface area contributed by atoms with Gasteiger partial charge in [0.05, 0.1) is 0 Å². The van der Waals surface area contributed by atoms with E-state index in [-0.39, 0.29) is 0 Å². The highest BCUT2D eigenvalue weighted by atomic mass is 15.1. The summed E-state index contributed by atoms with van der Waals surface area (Å²) in [6.07, 6.45) is 9.31. The van der Waals surface area contributed by atoms with Gasteiger partial charge in [0.1, 0.15) is 0 Å². The molecule has 1 saturated heterocycles. The molecule has 3 nitrogen and oxygen atoms in total. The Morgan fingerprint density at radius 3 is 2.95 bits per heavy atom. The lowest BCUT2D eigenvalue weighted by Crippen LogP contribution is -2.28. The summed E-state index contributed by atoms with van der Waals surface area (Å²) in [5, 5.41) is 3.51. The topological polar surface area (TPSA) is 28.2 Å². The summed E-state index contributed by atoms with van der Waals surface area (Å²) in [6, 6.07) is 2.69. The minimum Gasteiger partial charge on any atom is -0.371 e. The molecule has 1 N–H and O–H groups in total. The van der Waals surface area contributed by atoms with Gasteiger partial charge in [-0.1, -0.05) is 27.2 Å². The fourth-order valence-corrected chi connectivity index (χ4v) is 2.99. The first kappa shape index (κ1) is 15.3. The molecule has 0 spiro atoms. The van der Waals surface area contributed by atoms with Crippen molar-refractivity contribution in [2.45, 2.75) is 59.0 Å². The van der Waals surface area contributed by atoms with Gasteiger partial charge in [-0.3, -0.25) is 4.98 Å². The van der Waals surface area contributed by atoms with Crippen molar-refractivity contribution in [1.29, 1.82) is 0 Å². The molecule has 0 saturated carbocycles. The Morgan fingerprint density at radius 1 is 1.35 bits per heavy atom. The monoisotopic (exact) mass is 275 g/mol. The van der Waals surface area contributed by atoms with E-state index in [1.54, 1.807) is 0 Å². The number of anilines is 1. The van der Waals surface area contributed by atoms with Crippen molar-refractivity contribution in [3.05, 3.63) is 24.0 Å². The number of pyridine rings is 1. The van der Waals surface area contributed by atoms with E-state index >= 15 is 0 Å². The molecule has 112 valence electrons. The van der Waals surface area contributed by atoms with Crippen LogP contribution in [0.3, 0.4) is 0 Å². The van der Waals surface area contributed by atoms with Gasteiger partial charge in [-0.05, 0) is 31.2 Å². The molecule has 1 aliphatic heterocycles. The zero-order valence-electron chi connectivity index (χ0n) is 13.2.